The quantitative estimate of drug-likeness (QED) is 0.528. The molecule has 0 bridgehead atoms. The third-order valence-corrected chi connectivity index (χ3v) is 2.68. The molecule has 0 spiro atoms. The maximum atomic E-state index is 5.62. The molecule has 3 N–H and O–H groups in total. The van der Waals surface area contributed by atoms with Crippen molar-refractivity contribution in [2.24, 2.45) is 5.73 Å². The highest BCUT2D eigenvalue weighted by molar-refractivity contribution is 7.80. The van der Waals surface area contributed by atoms with E-state index in [-0.39, 0.29) is 0 Å². The number of hydrogen-bond acceptors (Lipinski definition) is 5. The minimum absolute atomic E-state index is 0.386. The van der Waals surface area contributed by atoms with E-state index in [0.717, 1.165) is 30.0 Å². The zero-order valence-corrected chi connectivity index (χ0v) is 12.3. The van der Waals surface area contributed by atoms with Crippen molar-refractivity contribution in [1.82, 2.24) is 4.98 Å². The lowest BCUT2D eigenvalue weighted by Gasteiger charge is -2.09. The Morgan fingerprint density at radius 3 is 2.84 bits per heavy atom. The molecule has 0 fully saturated rings. The largest absolute Gasteiger partial charge is 0.389 e. The Hall–Kier alpha value is -1.24. The van der Waals surface area contributed by atoms with Crippen molar-refractivity contribution < 1.29 is 9.47 Å². The number of anilines is 1. The van der Waals surface area contributed by atoms with E-state index in [2.05, 4.69) is 10.3 Å². The molecule has 0 unspecified atom stereocenters. The molecule has 0 saturated heterocycles. The number of aromatic nitrogens is 1. The van der Waals surface area contributed by atoms with Gasteiger partial charge in [0.05, 0.1) is 13.2 Å². The number of nitrogens with two attached hydrogens (primary N) is 1. The second-order valence-electron chi connectivity index (χ2n) is 4.13. The van der Waals surface area contributed by atoms with E-state index in [0.29, 0.717) is 24.8 Å². The summed E-state index contributed by atoms with van der Waals surface area (Å²) in [6.07, 6.45) is 0.905. The monoisotopic (exact) mass is 283 g/mol. The van der Waals surface area contributed by atoms with Crippen LogP contribution < -0.4 is 11.1 Å². The minimum Gasteiger partial charge on any atom is -0.389 e. The molecular formula is C13H21N3O2S. The van der Waals surface area contributed by atoms with Crippen molar-refractivity contribution in [2.75, 3.05) is 38.8 Å². The molecule has 0 aliphatic rings. The molecule has 6 heteroatoms. The molecule has 1 rings (SSSR count). The minimum atomic E-state index is 0.386. The summed E-state index contributed by atoms with van der Waals surface area (Å²) >= 11 is 4.97. The highest BCUT2D eigenvalue weighted by atomic mass is 32.1. The molecular weight excluding hydrogens is 262 g/mol. The Labute approximate surface area is 119 Å². The van der Waals surface area contributed by atoms with E-state index >= 15 is 0 Å². The fourth-order valence-electron chi connectivity index (χ4n) is 1.54. The van der Waals surface area contributed by atoms with Gasteiger partial charge >= 0.3 is 0 Å². The van der Waals surface area contributed by atoms with E-state index in [1.54, 1.807) is 7.11 Å². The van der Waals surface area contributed by atoms with Crippen molar-refractivity contribution in [3.63, 3.8) is 0 Å². The summed E-state index contributed by atoms with van der Waals surface area (Å²) in [7, 11) is 1.66. The van der Waals surface area contributed by atoms with Crippen LogP contribution in [-0.2, 0) is 9.47 Å². The van der Waals surface area contributed by atoms with Crippen molar-refractivity contribution in [3.05, 3.63) is 23.4 Å². The van der Waals surface area contributed by atoms with Crippen LogP contribution >= 0.6 is 12.2 Å². The number of nitrogens with zero attached hydrogens (tertiary/aromatic N) is 1. The summed E-state index contributed by atoms with van der Waals surface area (Å²) in [6.45, 7) is 4.67. The molecule has 0 saturated carbocycles. The summed E-state index contributed by atoms with van der Waals surface area (Å²) in [6, 6.07) is 3.74. The Bertz CT molecular complexity index is 413. The second-order valence-corrected chi connectivity index (χ2v) is 4.57. The van der Waals surface area contributed by atoms with Gasteiger partial charge in [-0.3, -0.25) is 0 Å². The standard InChI is InChI=1S/C13H21N3O2S/c1-10-8-11(13(14)19)9-12(16-10)15-4-3-5-18-7-6-17-2/h8-9H,3-7H2,1-2H3,(H2,14,19)(H,15,16). The second kappa shape index (κ2) is 8.79. The summed E-state index contributed by atoms with van der Waals surface area (Å²) in [5.41, 5.74) is 7.35. The third-order valence-electron chi connectivity index (χ3n) is 2.44. The average molecular weight is 283 g/mol. The number of rotatable bonds is 9. The van der Waals surface area contributed by atoms with E-state index in [1.807, 2.05) is 19.1 Å². The fourth-order valence-corrected chi connectivity index (χ4v) is 1.65. The van der Waals surface area contributed by atoms with Crippen LogP contribution in [0.15, 0.2) is 12.1 Å². The Morgan fingerprint density at radius 2 is 2.16 bits per heavy atom. The van der Waals surface area contributed by atoms with Gasteiger partial charge in [-0.25, -0.2) is 4.98 Å². The highest BCUT2D eigenvalue weighted by Crippen LogP contribution is 2.10. The molecule has 0 aliphatic carbocycles. The van der Waals surface area contributed by atoms with Crippen LogP contribution in [0.2, 0.25) is 0 Å². The molecule has 0 aliphatic heterocycles. The van der Waals surface area contributed by atoms with Gasteiger partial charge in [0, 0.05) is 31.5 Å². The Kier molecular flexibility index (Phi) is 7.32. The van der Waals surface area contributed by atoms with Crippen molar-refractivity contribution >= 4 is 23.0 Å². The van der Waals surface area contributed by atoms with E-state index < -0.39 is 0 Å². The van der Waals surface area contributed by atoms with Gasteiger partial charge in [0.15, 0.2) is 0 Å². The number of hydrogen-bond donors (Lipinski definition) is 2. The van der Waals surface area contributed by atoms with Crippen LogP contribution in [0.5, 0.6) is 0 Å². The number of methoxy groups -OCH3 is 1. The zero-order valence-electron chi connectivity index (χ0n) is 11.4. The number of ether oxygens (including phenoxy) is 2. The fraction of sp³-hybridized carbons (Fsp3) is 0.538. The first-order valence-corrected chi connectivity index (χ1v) is 6.63. The van der Waals surface area contributed by atoms with Gasteiger partial charge in [-0.05, 0) is 25.5 Å². The normalized spacial score (nSPS) is 10.4. The van der Waals surface area contributed by atoms with Crippen LogP contribution in [0.1, 0.15) is 17.7 Å². The van der Waals surface area contributed by atoms with Gasteiger partial charge in [0.25, 0.3) is 0 Å². The lowest BCUT2D eigenvalue weighted by atomic mass is 10.2. The molecule has 0 atom stereocenters. The number of nitrogens with one attached hydrogen (secondary N) is 1. The van der Waals surface area contributed by atoms with E-state index in [9.17, 15) is 0 Å². The van der Waals surface area contributed by atoms with Crippen LogP contribution in [0.3, 0.4) is 0 Å². The molecule has 1 aromatic heterocycles. The number of pyridine rings is 1. The highest BCUT2D eigenvalue weighted by Gasteiger charge is 2.02. The third kappa shape index (κ3) is 6.47. The molecule has 1 heterocycles. The Balaban J connectivity index is 2.31. The zero-order chi connectivity index (χ0) is 14.1. The van der Waals surface area contributed by atoms with Crippen molar-refractivity contribution in [1.29, 1.82) is 0 Å². The molecule has 0 radical (unpaired) electrons. The first kappa shape index (κ1) is 15.8. The van der Waals surface area contributed by atoms with Gasteiger partial charge < -0.3 is 20.5 Å². The summed E-state index contributed by atoms with van der Waals surface area (Å²) in [5, 5.41) is 3.23. The van der Waals surface area contributed by atoms with E-state index in [1.165, 1.54) is 0 Å². The van der Waals surface area contributed by atoms with Crippen molar-refractivity contribution in [3.8, 4) is 0 Å². The van der Waals surface area contributed by atoms with Crippen LogP contribution in [-0.4, -0.2) is 43.4 Å². The molecule has 0 aromatic carbocycles. The molecule has 1 aromatic rings. The smallest absolute Gasteiger partial charge is 0.126 e. The van der Waals surface area contributed by atoms with Crippen LogP contribution in [0, 0.1) is 6.92 Å². The predicted molar refractivity (Wildman–Crippen MR) is 80.7 cm³/mol. The number of thiocarbonyl (C=S) groups is 1. The maximum absolute atomic E-state index is 5.62. The lowest BCUT2D eigenvalue weighted by Crippen LogP contribution is -2.13. The maximum Gasteiger partial charge on any atom is 0.126 e. The SMILES string of the molecule is COCCOCCCNc1cc(C(N)=S)cc(C)n1. The Morgan fingerprint density at radius 1 is 1.37 bits per heavy atom. The predicted octanol–water partition coefficient (Wildman–Crippen LogP) is 1.49. The molecule has 5 nitrogen and oxygen atoms in total. The first-order chi connectivity index (χ1) is 9.13. The van der Waals surface area contributed by atoms with Gasteiger partial charge in [0.1, 0.15) is 10.8 Å². The topological polar surface area (TPSA) is 69.4 Å². The summed E-state index contributed by atoms with van der Waals surface area (Å²) in [4.78, 5) is 4.76. The van der Waals surface area contributed by atoms with Crippen molar-refractivity contribution in [2.45, 2.75) is 13.3 Å². The molecule has 106 valence electrons. The van der Waals surface area contributed by atoms with Gasteiger partial charge in [0.2, 0.25) is 0 Å². The average Bonchev–Trinajstić information content (AvgIpc) is 2.37. The first-order valence-electron chi connectivity index (χ1n) is 6.22. The van der Waals surface area contributed by atoms with Gasteiger partial charge in [-0.15, -0.1) is 0 Å². The summed E-state index contributed by atoms with van der Waals surface area (Å²) in [5.74, 6) is 0.791. The lowest BCUT2D eigenvalue weighted by molar-refractivity contribution is 0.0705. The molecule has 0 amide bonds. The van der Waals surface area contributed by atoms with Crippen LogP contribution in [0.4, 0.5) is 5.82 Å². The molecule has 19 heavy (non-hydrogen) atoms. The number of aryl methyl sites for hydroxylation is 1. The van der Waals surface area contributed by atoms with Gasteiger partial charge in [-0.2, -0.15) is 0 Å². The van der Waals surface area contributed by atoms with Gasteiger partial charge in [-0.1, -0.05) is 12.2 Å². The van der Waals surface area contributed by atoms with E-state index in [4.69, 9.17) is 27.4 Å². The summed E-state index contributed by atoms with van der Waals surface area (Å²) < 4.78 is 10.3. The van der Waals surface area contributed by atoms with Crippen LogP contribution in [0.25, 0.3) is 0 Å².